The van der Waals surface area contributed by atoms with Crippen LogP contribution < -0.4 is 5.32 Å². The summed E-state index contributed by atoms with van der Waals surface area (Å²) in [5.41, 5.74) is 0. The van der Waals surface area contributed by atoms with Gasteiger partial charge in [-0.15, -0.1) is 12.3 Å². The number of rotatable bonds is 4. The summed E-state index contributed by atoms with van der Waals surface area (Å²) >= 11 is 0. The van der Waals surface area contributed by atoms with Gasteiger partial charge in [-0.05, 0) is 25.2 Å². The third-order valence-electron chi connectivity index (χ3n) is 2.60. The molecule has 0 spiro atoms. The van der Waals surface area contributed by atoms with E-state index in [-0.39, 0.29) is 12.0 Å². The van der Waals surface area contributed by atoms with Crippen LogP contribution in [0.5, 0.6) is 0 Å². The molecule has 14 heavy (non-hydrogen) atoms. The lowest BCUT2D eigenvalue weighted by Crippen LogP contribution is -2.28. The van der Waals surface area contributed by atoms with Gasteiger partial charge in [0.1, 0.15) is 0 Å². The van der Waals surface area contributed by atoms with Gasteiger partial charge in [0.15, 0.2) is 0 Å². The first kappa shape index (κ1) is 11.1. The van der Waals surface area contributed by atoms with Crippen LogP contribution in [-0.4, -0.2) is 23.7 Å². The van der Waals surface area contributed by atoms with Gasteiger partial charge in [-0.3, -0.25) is 4.79 Å². The van der Waals surface area contributed by atoms with E-state index >= 15 is 0 Å². The maximum Gasteiger partial charge on any atom is 0.220 e. The average Bonchev–Trinajstić information content (AvgIpc) is 2.58. The number of carbonyl (C=O) groups excluding carboxylic acids is 1. The fourth-order valence-corrected chi connectivity index (χ4v) is 1.77. The Balaban J connectivity index is 2.08. The van der Waals surface area contributed by atoms with Crippen molar-refractivity contribution >= 4 is 5.91 Å². The highest BCUT2D eigenvalue weighted by Crippen LogP contribution is 2.24. The second-order valence-electron chi connectivity index (χ2n) is 3.84. The molecule has 2 atom stereocenters. The van der Waals surface area contributed by atoms with Crippen molar-refractivity contribution in [2.45, 2.75) is 38.2 Å². The number of hydrogen-bond acceptors (Lipinski definition) is 2. The van der Waals surface area contributed by atoms with Gasteiger partial charge in [-0.1, -0.05) is 0 Å². The van der Waals surface area contributed by atoms with Crippen LogP contribution in [0, 0.1) is 18.3 Å². The lowest BCUT2D eigenvalue weighted by Gasteiger charge is -2.09. The summed E-state index contributed by atoms with van der Waals surface area (Å²) in [6.45, 7) is 0.681. The van der Waals surface area contributed by atoms with Gasteiger partial charge in [0.2, 0.25) is 5.91 Å². The molecule has 3 heteroatoms. The van der Waals surface area contributed by atoms with Crippen LogP contribution in [0.3, 0.4) is 0 Å². The zero-order chi connectivity index (χ0) is 10.4. The molecule has 1 saturated carbocycles. The molecule has 1 aliphatic carbocycles. The molecular formula is C11H17NO2. The maximum absolute atomic E-state index is 11.2. The molecule has 0 aliphatic heterocycles. The van der Waals surface area contributed by atoms with Crippen molar-refractivity contribution in [2.24, 2.45) is 5.92 Å². The van der Waals surface area contributed by atoms with Gasteiger partial charge in [-0.2, -0.15) is 0 Å². The van der Waals surface area contributed by atoms with E-state index in [9.17, 15) is 9.90 Å². The predicted octanol–water partition coefficient (Wildman–Crippen LogP) is 0.677. The Morgan fingerprint density at radius 1 is 1.57 bits per heavy atom. The molecule has 0 saturated heterocycles. The number of aliphatic hydroxyl groups is 1. The number of terminal acetylenes is 1. The zero-order valence-corrected chi connectivity index (χ0v) is 8.33. The van der Waals surface area contributed by atoms with Crippen LogP contribution in [-0.2, 0) is 4.79 Å². The van der Waals surface area contributed by atoms with Gasteiger partial charge >= 0.3 is 0 Å². The van der Waals surface area contributed by atoms with Crippen LogP contribution in [0.25, 0.3) is 0 Å². The van der Waals surface area contributed by atoms with Gasteiger partial charge in [0.05, 0.1) is 6.10 Å². The molecule has 1 fully saturated rings. The molecular weight excluding hydrogens is 178 g/mol. The van der Waals surface area contributed by atoms with Crippen LogP contribution in [0.1, 0.15) is 32.1 Å². The van der Waals surface area contributed by atoms with E-state index in [0.717, 1.165) is 19.3 Å². The second-order valence-corrected chi connectivity index (χ2v) is 3.84. The molecule has 3 nitrogen and oxygen atoms in total. The Kier molecular flexibility index (Phi) is 4.48. The molecule has 0 radical (unpaired) electrons. The highest BCUT2D eigenvalue weighted by Gasteiger charge is 2.22. The molecule has 2 N–H and O–H groups in total. The van der Waals surface area contributed by atoms with Gasteiger partial charge in [0.25, 0.3) is 0 Å². The summed E-state index contributed by atoms with van der Waals surface area (Å²) < 4.78 is 0. The van der Waals surface area contributed by atoms with Crippen molar-refractivity contribution in [3.8, 4) is 12.3 Å². The summed E-state index contributed by atoms with van der Waals surface area (Å²) in [5, 5.41) is 12.1. The van der Waals surface area contributed by atoms with E-state index in [0.29, 0.717) is 25.3 Å². The van der Waals surface area contributed by atoms with E-state index in [4.69, 9.17) is 6.42 Å². The molecule has 1 rings (SSSR count). The first-order valence-electron chi connectivity index (χ1n) is 5.10. The van der Waals surface area contributed by atoms with Crippen molar-refractivity contribution in [2.75, 3.05) is 6.54 Å². The molecule has 78 valence electrons. The number of hydrogen-bond donors (Lipinski definition) is 2. The Hall–Kier alpha value is -1.01. The first-order chi connectivity index (χ1) is 6.72. The summed E-state index contributed by atoms with van der Waals surface area (Å²) in [5.74, 6) is 2.89. The minimum atomic E-state index is -0.164. The molecule has 0 heterocycles. The fourth-order valence-electron chi connectivity index (χ4n) is 1.77. The molecule has 0 aromatic heterocycles. The third-order valence-corrected chi connectivity index (χ3v) is 2.60. The van der Waals surface area contributed by atoms with Crippen molar-refractivity contribution in [3.05, 3.63) is 0 Å². The molecule has 1 amide bonds. The predicted molar refractivity (Wildman–Crippen MR) is 54.4 cm³/mol. The highest BCUT2D eigenvalue weighted by molar-refractivity contribution is 5.76. The topological polar surface area (TPSA) is 49.3 Å². The van der Waals surface area contributed by atoms with Crippen molar-refractivity contribution in [3.63, 3.8) is 0 Å². The van der Waals surface area contributed by atoms with Crippen LogP contribution in [0.4, 0.5) is 0 Å². The minimum Gasteiger partial charge on any atom is -0.393 e. The van der Waals surface area contributed by atoms with Gasteiger partial charge < -0.3 is 10.4 Å². The fraction of sp³-hybridized carbons (Fsp3) is 0.727. The second kappa shape index (κ2) is 5.66. The number of nitrogens with one attached hydrogen (secondary N) is 1. The van der Waals surface area contributed by atoms with Gasteiger partial charge in [0, 0.05) is 19.4 Å². The maximum atomic E-state index is 11.2. The van der Waals surface area contributed by atoms with E-state index in [1.807, 2.05) is 0 Å². The third kappa shape index (κ3) is 3.80. The van der Waals surface area contributed by atoms with Crippen LogP contribution >= 0.6 is 0 Å². The summed E-state index contributed by atoms with van der Waals surface area (Å²) in [7, 11) is 0. The van der Waals surface area contributed by atoms with E-state index in [2.05, 4.69) is 11.2 Å². The Morgan fingerprint density at radius 2 is 2.36 bits per heavy atom. The molecule has 1 aliphatic rings. The van der Waals surface area contributed by atoms with Crippen LogP contribution in [0.15, 0.2) is 0 Å². The molecule has 0 bridgehead atoms. The normalized spacial score (nSPS) is 25.7. The SMILES string of the molecule is C#CCCC(=O)NCC1CCC(O)C1. The van der Waals surface area contributed by atoms with E-state index in [1.165, 1.54) is 0 Å². The monoisotopic (exact) mass is 195 g/mol. The Bertz CT molecular complexity index is 232. The summed E-state index contributed by atoms with van der Waals surface area (Å²) in [6, 6.07) is 0. The lowest BCUT2D eigenvalue weighted by atomic mass is 10.1. The number of aliphatic hydroxyl groups excluding tert-OH is 1. The van der Waals surface area contributed by atoms with Crippen molar-refractivity contribution in [1.29, 1.82) is 0 Å². The smallest absolute Gasteiger partial charge is 0.220 e. The Labute approximate surface area is 84.9 Å². The minimum absolute atomic E-state index is 0.0179. The average molecular weight is 195 g/mol. The molecule has 0 aromatic carbocycles. The van der Waals surface area contributed by atoms with Crippen LogP contribution in [0.2, 0.25) is 0 Å². The first-order valence-corrected chi connectivity index (χ1v) is 5.10. The number of carbonyl (C=O) groups is 1. The zero-order valence-electron chi connectivity index (χ0n) is 8.33. The van der Waals surface area contributed by atoms with E-state index in [1.54, 1.807) is 0 Å². The molecule has 2 unspecified atom stereocenters. The summed E-state index contributed by atoms with van der Waals surface area (Å²) in [4.78, 5) is 11.2. The van der Waals surface area contributed by atoms with E-state index < -0.39 is 0 Å². The van der Waals surface area contributed by atoms with Crippen molar-refractivity contribution in [1.82, 2.24) is 5.32 Å². The lowest BCUT2D eigenvalue weighted by molar-refractivity contribution is -0.121. The van der Waals surface area contributed by atoms with Gasteiger partial charge in [-0.25, -0.2) is 0 Å². The largest absolute Gasteiger partial charge is 0.393 e. The number of amides is 1. The Morgan fingerprint density at radius 3 is 2.93 bits per heavy atom. The quantitative estimate of drug-likeness (QED) is 0.648. The molecule has 0 aromatic rings. The standard InChI is InChI=1S/C11H17NO2/c1-2-3-4-11(14)12-8-9-5-6-10(13)7-9/h1,9-10,13H,3-8H2,(H,12,14). The van der Waals surface area contributed by atoms with Crippen molar-refractivity contribution < 1.29 is 9.90 Å². The summed E-state index contributed by atoms with van der Waals surface area (Å²) in [6.07, 6.45) is 8.49. The highest BCUT2D eigenvalue weighted by atomic mass is 16.3.